The third kappa shape index (κ3) is 3.59. The van der Waals surface area contributed by atoms with Crippen LogP contribution >= 0.6 is 0 Å². The molecule has 0 spiro atoms. The molecule has 1 fully saturated rings. The number of carbonyl (C=O) groups excluding carboxylic acids is 1. The van der Waals surface area contributed by atoms with Crippen LogP contribution in [0.15, 0.2) is 48.8 Å². The van der Waals surface area contributed by atoms with Gasteiger partial charge in [-0.3, -0.25) is 4.79 Å². The molecule has 2 aromatic carbocycles. The molecule has 3 aromatic rings. The van der Waals surface area contributed by atoms with E-state index in [9.17, 15) is 9.18 Å². The fourth-order valence-corrected chi connectivity index (χ4v) is 3.35. The maximum atomic E-state index is 13.8. The van der Waals surface area contributed by atoms with Gasteiger partial charge in [-0.15, -0.1) is 0 Å². The quantitative estimate of drug-likeness (QED) is 0.702. The molecular formula is C20H20FN5O. The lowest BCUT2D eigenvalue weighted by atomic mass is 10.0. The standard InChI is InChI=1S/C20H20FN5O/c21-14-5-1-4-13(10-14)17(11-26-8-3-9-26)25-20-16-7-2-6-15(19(22)27)18(16)23-12-24-20/h1-2,4-7,10,12,17H,3,8-9,11H2,(H2,22,27)(H,23,24,25)/t17-/m1/s1. The van der Waals surface area contributed by atoms with Crippen molar-refractivity contribution in [1.82, 2.24) is 14.9 Å². The van der Waals surface area contributed by atoms with Crippen LogP contribution in [0.25, 0.3) is 10.9 Å². The fraction of sp³-hybridized carbons (Fsp3) is 0.250. The molecular weight excluding hydrogens is 345 g/mol. The lowest BCUT2D eigenvalue weighted by Gasteiger charge is -2.34. The number of para-hydroxylation sites is 1. The number of carbonyl (C=O) groups is 1. The van der Waals surface area contributed by atoms with Crippen LogP contribution < -0.4 is 11.1 Å². The van der Waals surface area contributed by atoms with Crippen LogP contribution in [-0.4, -0.2) is 40.4 Å². The number of benzene rings is 2. The van der Waals surface area contributed by atoms with Crippen molar-refractivity contribution in [1.29, 1.82) is 0 Å². The number of nitrogens with two attached hydrogens (primary N) is 1. The Hall–Kier alpha value is -3.06. The molecule has 27 heavy (non-hydrogen) atoms. The lowest BCUT2D eigenvalue weighted by molar-refractivity contribution is 0.100. The van der Waals surface area contributed by atoms with E-state index >= 15 is 0 Å². The molecule has 2 heterocycles. The number of aromatic nitrogens is 2. The smallest absolute Gasteiger partial charge is 0.250 e. The number of amides is 1. The largest absolute Gasteiger partial charge is 0.366 e. The molecule has 0 bridgehead atoms. The first-order valence-electron chi connectivity index (χ1n) is 8.90. The highest BCUT2D eigenvalue weighted by Gasteiger charge is 2.22. The number of anilines is 1. The third-order valence-corrected chi connectivity index (χ3v) is 4.88. The number of nitrogens with zero attached hydrogens (tertiary/aromatic N) is 3. The highest BCUT2D eigenvalue weighted by Crippen LogP contribution is 2.27. The molecule has 0 saturated carbocycles. The van der Waals surface area contributed by atoms with Gasteiger partial charge in [-0.25, -0.2) is 14.4 Å². The first-order valence-corrected chi connectivity index (χ1v) is 8.90. The summed E-state index contributed by atoms with van der Waals surface area (Å²) in [5.74, 6) is -0.211. The van der Waals surface area contributed by atoms with Crippen molar-refractivity contribution in [3.8, 4) is 0 Å². The number of fused-ring (bicyclic) bond motifs is 1. The van der Waals surface area contributed by atoms with E-state index in [1.165, 1.54) is 24.9 Å². The molecule has 7 heteroatoms. The van der Waals surface area contributed by atoms with E-state index in [1.54, 1.807) is 18.2 Å². The number of nitrogens with one attached hydrogen (secondary N) is 1. The van der Waals surface area contributed by atoms with Crippen molar-refractivity contribution in [2.45, 2.75) is 12.5 Å². The zero-order chi connectivity index (χ0) is 18.8. The Morgan fingerprint density at radius 2 is 2.04 bits per heavy atom. The van der Waals surface area contributed by atoms with E-state index < -0.39 is 5.91 Å². The van der Waals surface area contributed by atoms with Crippen LogP contribution in [-0.2, 0) is 0 Å². The topological polar surface area (TPSA) is 84.1 Å². The summed E-state index contributed by atoms with van der Waals surface area (Å²) in [6, 6.07) is 11.7. The van der Waals surface area contributed by atoms with E-state index in [2.05, 4.69) is 20.2 Å². The summed E-state index contributed by atoms with van der Waals surface area (Å²) in [5, 5.41) is 4.13. The third-order valence-electron chi connectivity index (χ3n) is 4.88. The van der Waals surface area contributed by atoms with Crippen LogP contribution in [0, 0.1) is 5.82 Å². The molecule has 3 N–H and O–H groups in total. The molecule has 1 aromatic heterocycles. The van der Waals surface area contributed by atoms with Crippen molar-refractivity contribution in [2.24, 2.45) is 5.73 Å². The molecule has 1 amide bonds. The van der Waals surface area contributed by atoms with Gasteiger partial charge < -0.3 is 16.0 Å². The first-order chi connectivity index (χ1) is 13.1. The molecule has 1 atom stereocenters. The first kappa shape index (κ1) is 17.4. The predicted octanol–water partition coefficient (Wildman–Crippen LogP) is 2.73. The van der Waals surface area contributed by atoms with Crippen molar-refractivity contribution < 1.29 is 9.18 Å². The Morgan fingerprint density at radius 1 is 1.22 bits per heavy atom. The Balaban J connectivity index is 1.72. The molecule has 138 valence electrons. The van der Waals surface area contributed by atoms with Gasteiger partial charge in [0.2, 0.25) is 0 Å². The number of halogens is 1. The van der Waals surface area contributed by atoms with Gasteiger partial charge in [0.1, 0.15) is 18.0 Å². The zero-order valence-corrected chi connectivity index (χ0v) is 14.7. The normalized spacial score (nSPS) is 15.3. The van der Waals surface area contributed by atoms with Crippen molar-refractivity contribution in [3.63, 3.8) is 0 Å². The van der Waals surface area contributed by atoms with Crippen LogP contribution in [0.4, 0.5) is 10.2 Å². The van der Waals surface area contributed by atoms with E-state index in [0.29, 0.717) is 22.3 Å². The summed E-state index contributed by atoms with van der Waals surface area (Å²) in [6.07, 6.45) is 2.58. The second-order valence-electron chi connectivity index (χ2n) is 6.69. The van der Waals surface area contributed by atoms with Crippen molar-refractivity contribution in [3.05, 3.63) is 65.7 Å². The average Bonchev–Trinajstić information content (AvgIpc) is 2.63. The van der Waals surface area contributed by atoms with Gasteiger partial charge in [-0.1, -0.05) is 18.2 Å². The maximum Gasteiger partial charge on any atom is 0.250 e. The second-order valence-corrected chi connectivity index (χ2v) is 6.69. The van der Waals surface area contributed by atoms with Gasteiger partial charge in [0.15, 0.2) is 0 Å². The molecule has 0 radical (unpaired) electrons. The number of hydrogen-bond acceptors (Lipinski definition) is 5. The Labute approximate surface area is 156 Å². The Morgan fingerprint density at radius 3 is 2.74 bits per heavy atom. The number of hydrogen-bond donors (Lipinski definition) is 2. The van der Waals surface area contributed by atoms with E-state index in [-0.39, 0.29) is 11.9 Å². The van der Waals surface area contributed by atoms with E-state index in [0.717, 1.165) is 25.2 Å². The summed E-state index contributed by atoms with van der Waals surface area (Å²) in [6.45, 7) is 2.80. The van der Waals surface area contributed by atoms with Gasteiger partial charge in [-0.2, -0.15) is 0 Å². The van der Waals surface area contributed by atoms with Crippen LogP contribution in [0.3, 0.4) is 0 Å². The predicted molar refractivity (Wildman–Crippen MR) is 102 cm³/mol. The number of rotatable bonds is 6. The molecule has 0 aliphatic carbocycles. The van der Waals surface area contributed by atoms with Crippen molar-refractivity contribution >= 4 is 22.6 Å². The van der Waals surface area contributed by atoms with Gasteiger partial charge >= 0.3 is 0 Å². The Bertz CT molecular complexity index is 989. The maximum absolute atomic E-state index is 13.8. The van der Waals surface area contributed by atoms with Crippen LogP contribution in [0.1, 0.15) is 28.4 Å². The molecule has 1 aliphatic rings. The fourth-order valence-electron chi connectivity index (χ4n) is 3.35. The van der Waals surface area contributed by atoms with Gasteiger partial charge in [0.25, 0.3) is 5.91 Å². The summed E-state index contributed by atoms with van der Waals surface area (Å²) < 4.78 is 13.8. The SMILES string of the molecule is NC(=O)c1cccc2c(N[C@H](CN3CCC3)c3cccc(F)c3)ncnc12. The minimum atomic E-state index is -0.535. The van der Waals surface area contributed by atoms with E-state index in [4.69, 9.17) is 5.73 Å². The van der Waals surface area contributed by atoms with Crippen molar-refractivity contribution in [2.75, 3.05) is 25.0 Å². The van der Waals surface area contributed by atoms with Crippen LogP contribution in [0.5, 0.6) is 0 Å². The van der Waals surface area contributed by atoms with E-state index in [1.807, 2.05) is 12.1 Å². The number of likely N-dealkylation sites (tertiary alicyclic amines) is 1. The molecule has 1 saturated heterocycles. The minimum absolute atomic E-state index is 0.142. The zero-order valence-electron chi connectivity index (χ0n) is 14.7. The van der Waals surface area contributed by atoms with Crippen LogP contribution in [0.2, 0.25) is 0 Å². The lowest BCUT2D eigenvalue weighted by Crippen LogP contribution is -2.41. The molecule has 4 rings (SSSR count). The Kier molecular flexibility index (Phi) is 4.68. The second kappa shape index (κ2) is 7.28. The monoisotopic (exact) mass is 365 g/mol. The highest BCUT2D eigenvalue weighted by molar-refractivity contribution is 6.06. The van der Waals surface area contributed by atoms with Gasteiger partial charge in [-0.05, 0) is 49.3 Å². The summed E-state index contributed by atoms with van der Waals surface area (Å²) in [7, 11) is 0. The van der Waals surface area contributed by atoms with Gasteiger partial charge in [0, 0.05) is 11.9 Å². The summed E-state index contributed by atoms with van der Waals surface area (Å²) in [4.78, 5) is 22.6. The molecule has 6 nitrogen and oxygen atoms in total. The van der Waals surface area contributed by atoms with Gasteiger partial charge in [0.05, 0.1) is 17.1 Å². The summed E-state index contributed by atoms with van der Waals surface area (Å²) >= 11 is 0. The minimum Gasteiger partial charge on any atom is -0.366 e. The highest BCUT2D eigenvalue weighted by atomic mass is 19.1. The molecule has 1 aliphatic heterocycles. The number of primary amides is 1. The molecule has 0 unspecified atom stereocenters. The summed E-state index contributed by atoms with van der Waals surface area (Å²) in [5.41, 5.74) is 7.16. The average molecular weight is 365 g/mol.